The van der Waals surface area contributed by atoms with Crippen molar-refractivity contribution < 1.29 is 0 Å². The van der Waals surface area contributed by atoms with Gasteiger partial charge in [0.1, 0.15) is 0 Å². The number of hydrogen-bond donors (Lipinski definition) is 0. The first-order valence-corrected chi connectivity index (χ1v) is 38.8. The number of para-hydroxylation sites is 6. The maximum absolute atomic E-state index is 11.0. The largest absolute Gasteiger partial charge is 0.309 e. The summed E-state index contributed by atoms with van der Waals surface area (Å²) in [6, 6.07) is 141. The SMILES string of the molecule is N#Cc1ccc(-n2c3ccccc3c3cc(-c4cc(-c5cc(-c6ccccc6)nc(-c6ccccc6)n5)cc(-n5c6ccccc6c6ccccc65)c4)ccc32)c(-c2cc(C#N)ccc2-n2c3ccccc3c3cc(-c4cc(-c5cc(-c6ccccc6)nc(-c6ccccc6)n5)cc(-n5c6ccccc6c6ccccc65)c4)ccc32)c1. The van der Waals surface area contributed by atoms with E-state index in [0.29, 0.717) is 22.8 Å². The molecule has 0 aliphatic carbocycles. The number of rotatable bonds is 13. The van der Waals surface area contributed by atoms with Crippen LogP contribution < -0.4 is 0 Å². The van der Waals surface area contributed by atoms with E-state index in [0.717, 1.165) is 178 Å². The van der Waals surface area contributed by atoms with Crippen LogP contribution >= 0.6 is 0 Å². The minimum Gasteiger partial charge on any atom is -0.309 e. The third-order valence-electron chi connectivity index (χ3n) is 22.8. The van der Waals surface area contributed by atoms with Crippen LogP contribution in [0.1, 0.15) is 11.1 Å². The van der Waals surface area contributed by atoms with Gasteiger partial charge in [-0.05, 0) is 168 Å². The number of aromatic nitrogens is 8. The lowest BCUT2D eigenvalue weighted by molar-refractivity contribution is 1.16. The highest BCUT2D eigenvalue weighted by Gasteiger charge is 2.26. The number of fused-ring (bicyclic) bond motifs is 12. The molecule has 538 valence electrons. The van der Waals surface area contributed by atoms with Crippen molar-refractivity contribution in [2.45, 2.75) is 0 Å². The Morgan fingerprint density at radius 2 is 0.466 bits per heavy atom. The summed E-state index contributed by atoms with van der Waals surface area (Å²) >= 11 is 0. The van der Waals surface area contributed by atoms with E-state index in [9.17, 15) is 10.5 Å². The Balaban J connectivity index is 0.718. The first kappa shape index (κ1) is 66.8. The summed E-state index contributed by atoms with van der Waals surface area (Å²) in [5, 5.41) is 30.9. The third kappa shape index (κ3) is 11.2. The van der Waals surface area contributed by atoms with E-state index in [1.54, 1.807) is 0 Å². The predicted octanol–water partition coefficient (Wildman–Crippen LogP) is 26.4. The molecule has 22 rings (SSSR count). The first-order valence-electron chi connectivity index (χ1n) is 38.8. The fourth-order valence-electron chi connectivity index (χ4n) is 17.5. The van der Waals surface area contributed by atoms with Crippen LogP contribution in [-0.4, -0.2) is 38.2 Å². The van der Waals surface area contributed by atoms with Crippen molar-refractivity contribution in [3.63, 3.8) is 0 Å². The molecule has 16 aromatic carbocycles. The molecule has 0 aliphatic heterocycles. The molecule has 0 N–H and O–H groups in total. The fourth-order valence-corrected chi connectivity index (χ4v) is 17.5. The van der Waals surface area contributed by atoms with Crippen LogP contribution in [0.3, 0.4) is 0 Å². The molecule has 0 atom stereocenters. The Morgan fingerprint density at radius 3 is 0.802 bits per heavy atom. The van der Waals surface area contributed by atoms with Crippen LogP contribution in [0.25, 0.3) is 211 Å². The molecule has 0 fully saturated rings. The number of nitriles is 2. The van der Waals surface area contributed by atoms with Crippen molar-refractivity contribution in [3.8, 4) is 136 Å². The summed E-state index contributed by atoms with van der Waals surface area (Å²) in [5.74, 6) is 1.28. The van der Waals surface area contributed by atoms with Crippen LogP contribution in [0.2, 0.25) is 0 Å². The first-order chi connectivity index (χ1) is 57.4. The number of nitrogens with zero attached hydrogens (tertiary/aromatic N) is 10. The van der Waals surface area contributed by atoms with E-state index in [1.807, 2.05) is 72.8 Å². The predicted molar refractivity (Wildman–Crippen MR) is 473 cm³/mol. The number of hydrogen-bond acceptors (Lipinski definition) is 6. The summed E-state index contributed by atoms with van der Waals surface area (Å²) in [4.78, 5) is 21.3. The summed E-state index contributed by atoms with van der Waals surface area (Å²) in [7, 11) is 0. The number of benzene rings is 16. The lowest BCUT2D eigenvalue weighted by Gasteiger charge is -2.19. The standard InChI is InChI=1S/C106H64N10/c107-65-67-45-49-101(115-99-43-23-17-37-85(99)89-61-73(47-51-103(89)115)75-55-77(59-79(57-75)113-95-39-19-13-33-81(95)82-34-14-20-40-96(82)113)93-63-91(69-25-5-1-6-26-69)109-105(111-93)71-29-9-3-10-30-71)87(53-67)88-54-68(66-108)46-50-102(88)116-100-44-24-18-38-86(100)90-62-74(48-52-104(90)116)76-56-78(60-80(58-76)114-97-41-21-15-35-83(97)84-36-16-22-42-98(84)114)94-64-92(70-27-7-2-8-28-70)110-106(112-94)72-31-11-4-12-32-72/h1-64H. The van der Waals surface area contributed by atoms with Gasteiger partial charge in [0.05, 0.1) is 102 Å². The molecule has 10 heteroatoms. The minimum absolute atomic E-state index is 0.485. The summed E-state index contributed by atoms with van der Waals surface area (Å²) in [6.45, 7) is 0. The Hall–Kier alpha value is -16.1. The zero-order chi connectivity index (χ0) is 76.9. The minimum atomic E-state index is 0.485. The molecule has 6 aromatic heterocycles. The van der Waals surface area contributed by atoms with Crippen molar-refractivity contribution in [3.05, 3.63) is 399 Å². The molecular weight excluding hydrogens is 1410 g/mol. The van der Waals surface area contributed by atoms with E-state index in [2.05, 4.69) is 346 Å². The monoisotopic (exact) mass is 1480 g/mol. The van der Waals surface area contributed by atoms with Gasteiger partial charge in [0.15, 0.2) is 11.6 Å². The molecule has 10 nitrogen and oxygen atoms in total. The Morgan fingerprint density at radius 1 is 0.190 bits per heavy atom. The lowest BCUT2D eigenvalue weighted by atomic mass is 9.96. The topological polar surface area (TPSA) is 119 Å². The molecule has 0 spiro atoms. The Bertz CT molecular complexity index is 7160. The van der Waals surface area contributed by atoms with E-state index < -0.39 is 0 Å². The van der Waals surface area contributed by atoms with Gasteiger partial charge >= 0.3 is 0 Å². The van der Waals surface area contributed by atoms with E-state index in [-0.39, 0.29) is 0 Å². The molecule has 116 heavy (non-hydrogen) atoms. The van der Waals surface area contributed by atoms with Gasteiger partial charge in [-0.2, -0.15) is 10.5 Å². The van der Waals surface area contributed by atoms with Gasteiger partial charge in [-0.25, -0.2) is 19.9 Å². The second-order valence-electron chi connectivity index (χ2n) is 29.5. The van der Waals surface area contributed by atoms with Gasteiger partial charge in [0.2, 0.25) is 0 Å². The smallest absolute Gasteiger partial charge is 0.160 e. The average molecular weight is 1480 g/mol. The second-order valence-corrected chi connectivity index (χ2v) is 29.5. The Labute approximate surface area is 667 Å². The van der Waals surface area contributed by atoms with Crippen LogP contribution in [0.4, 0.5) is 0 Å². The van der Waals surface area contributed by atoms with Crippen molar-refractivity contribution in [2.24, 2.45) is 0 Å². The van der Waals surface area contributed by atoms with Gasteiger partial charge in [-0.1, -0.05) is 243 Å². The summed E-state index contributed by atoms with van der Waals surface area (Å²) < 4.78 is 9.42. The molecule has 0 bridgehead atoms. The summed E-state index contributed by atoms with van der Waals surface area (Å²) in [6.07, 6.45) is 0. The van der Waals surface area contributed by atoms with Crippen LogP contribution in [0.5, 0.6) is 0 Å². The van der Waals surface area contributed by atoms with Crippen molar-refractivity contribution in [1.29, 1.82) is 10.5 Å². The quantitative estimate of drug-likeness (QED) is 0.113. The molecule has 22 aromatic rings. The molecule has 0 unspecified atom stereocenters. The molecule has 0 amide bonds. The third-order valence-corrected chi connectivity index (χ3v) is 22.8. The van der Waals surface area contributed by atoms with Crippen LogP contribution in [0, 0.1) is 22.7 Å². The van der Waals surface area contributed by atoms with E-state index in [1.165, 1.54) is 21.5 Å². The lowest BCUT2D eigenvalue weighted by Crippen LogP contribution is -2.02. The highest BCUT2D eigenvalue weighted by Crippen LogP contribution is 2.46. The van der Waals surface area contributed by atoms with Gasteiger partial charge in [0, 0.05) is 99.0 Å². The van der Waals surface area contributed by atoms with E-state index in [4.69, 9.17) is 19.9 Å². The maximum atomic E-state index is 11.0. The highest BCUT2D eigenvalue weighted by molar-refractivity contribution is 6.15. The van der Waals surface area contributed by atoms with Crippen molar-refractivity contribution >= 4 is 87.2 Å². The fraction of sp³-hybridized carbons (Fsp3) is 0. The molecule has 0 saturated heterocycles. The van der Waals surface area contributed by atoms with Gasteiger partial charge in [0.25, 0.3) is 0 Å². The average Bonchev–Trinajstić information content (AvgIpc) is 1.58. The van der Waals surface area contributed by atoms with Gasteiger partial charge in [-0.15, -0.1) is 0 Å². The zero-order valence-corrected chi connectivity index (χ0v) is 62.4. The van der Waals surface area contributed by atoms with E-state index >= 15 is 0 Å². The van der Waals surface area contributed by atoms with Gasteiger partial charge in [-0.3, -0.25) is 0 Å². The Kier molecular flexibility index (Phi) is 15.8. The van der Waals surface area contributed by atoms with Crippen LogP contribution in [-0.2, 0) is 0 Å². The maximum Gasteiger partial charge on any atom is 0.160 e. The second kappa shape index (κ2) is 27.4. The zero-order valence-electron chi connectivity index (χ0n) is 62.4. The van der Waals surface area contributed by atoms with Crippen molar-refractivity contribution in [1.82, 2.24) is 38.2 Å². The molecule has 0 saturated carbocycles. The van der Waals surface area contributed by atoms with Gasteiger partial charge < -0.3 is 18.3 Å². The molecule has 0 radical (unpaired) electrons. The van der Waals surface area contributed by atoms with Crippen LogP contribution in [0.15, 0.2) is 388 Å². The normalized spacial score (nSPS) is 11.6. The molecule has 0 aliphatic rings. The summed E-state index contributed by atoms with van der Waals surface area (Å²) in [5.41, 5.74) is 27.5. The highest BCUT2D eigenvalue weighted by atomic mass is 15.0. The molecule has 6 heterocycles. The van der Waals surface area contributed by atoms with Crippen molar-refractivity contribution in [2.75, 3.05) is 0 Å². The molecular formula is C106H64N10.